The Morgan fingerprint density at radius 3 is 2.38 bits per heavy atom. The molecule has 5 heteroatoms. The third-order valence-electron chi connectivity index (χ3n) is 3.45. The molecule has 0 aliphatic carbocycles. The molecule has 0 radical (unpaired) electrons. The van der Waals surface area contributed by atoms with Crippen LogP contribution in [0.4, 0.5) is 11.4 Å². The molecule has 5 nitrogen and oxygen atoms in total. The van der Waals surface area contributed by atoms with Crippen LogP contribution in [0.3, 0.4) is 0 Å². The van der Waals surface area contributed by atoms with Gasteiger partial charge in [0.2, 0.25) is 11.8 Å². The summed E-state index contributed by atoms with van der Waals surface area (Å²) in [5.41, 5.74) is 3.42. The summed E-state index contributed by atoms with van der Waals surface area (Å²) in [6.07, 6.45) is 0.248. The molecule has 126 valence electrons. The molecule has 0 aliphatic rings. The first-order valence-electron chi connectivity index (χ1n) is 7.81. The third kappa shape index (κ3) is 5.43. The normalized spacial score (nSPS) is 10.1. The second-order valence-corrected chi connectivity index (χ2v) is 5.67. The van der Waals surface area contributed by atoms with Crippen LogP contribution in [0.1, 0.15) is 24.5 Å². The van der Waals surface area contributed by atoms with Crippen LogP contribution in [-0.2, 0) is 9.59 Å². The van der Waals surface area contributed by atoms with Gasteiger partial charge in [-0.05, 0) is 43.7 Å². The van der Waals surface area contributed by atoms with E-state index >= 15 is 0 Å². The van der Waals surface area contributed by atoms with Crippen LogP contribution < -0.4 is 15.4 Å². The molecule has 2 aromatic carbocycles. The molecule has 2 aromatic rings. The number of carbonyl (C=O) groups excluding carboxylic acids is 2. The summed E-state index contributed by atoms with van der Waals surface area (Å²) in [6.45, 7) is 5.66. The smallest absolute Gasteiger partial charge is 0.227 e. The van der Waals surface area contributed by atoms with Crippen LogP contribution in [0.25, 0.3) is 0 Å². The number of ether oxygens (including phenoxy) is 1. The van der Waals surface area contributed by atoms with Crippen molar-refractivity contribution in [1.29, 1.82) is 0 Å². The summed E-state index contributed by atoms with van der Waals surface area (Å²) in [5.74, 6) is 0.463. The van der Waals surface area contributed by atoms with Gasteiger partial charge in [0.15, 0.2) is 0 Å². The first kappa shape index (κ1) is 17.5. The van der Waals surface area contributed by atoms with E-state index in [-0.39, 0.29) is 18.2 Å². The number of amides is 2. The lowest BCUT2D eigenvalue weighted by Gasteiger charge is -2.11. The number of benzene rings is 2. The quantitative estimate of drug-likeness (QED) is 0.851. The maximum atomic E-state index is 12.1. The molecule has 2 rings (SSSR count). The van der Waals surface area contributed by atoms with E-state index in [1.165, 1.54) is 6.92 Å². The molecule has 2 N–H and O–H groups in total. The summed E-state index contributed by atoms with van der Waals surface area (Å²) in [5, 5.41) is 5.55. The van der Waals surface area contributed by atoms with Gasteiger partial charge in [0.1, 0.15) is 5.75 Å². The molecule has 0 saturated heterocycles. The fraction of sp³-hybridized carbons (Fsp3) is 0.263. The minimum atomic E-state index is -0.150. The number of anilines is 2. The van der Waals surface area contributed by atoms with Crippen molar-refractivity contribution in [2.45, 2.75) is 27.2 Å². The minimum Gasteiger partial charge on any atom is -0.493 e. The Balaban J connectivity index is 1.87. The first-order chi connectivity index (χ1) is 11.4. The van der Waals surface area contributed by atoms with Crippen LogP contribution in [0.15, 0.2) is 42.5 Å². The standard InChI is InChI=1S/C19H22N2O3/c1-13-4-8-17(9-5-13)24-11-10-19(23)21-18-12-16(20-15(3)22)7-6-14(18)2/h4-9,12H,10-11H2,1-3H3,(H,20,22)(H,21,23). The van der Waals surface area contributed by atoms with Crippen molar-refractivity contribution < 1.29 is 14.3 Å². The monoisotopic (exact) mass is 326 g/mol. The highest BCUT2D eigenvalue weighted by Gasteiger charge is 2.07. The second kappa shape index (κ2) is 8.15. The molecule has 0 heterocycles. The first-order valence-corrected chi connectivity index (χ1v) is 7.81. The third-order valence-corrected chi connectivity index (χ3v) is 3.45. The lowest BCUT2D eigenvalue weighted by molar-refractivity contribution is -0.116. The zero-order valence-electron chi connectivity index (χ0n) is 14.2. The SMILES string of the molecule is CC(=O)Nc1ccc(C)c(NC(=O)CCOc2ccc(C)cc2)c1. The van der Waals surface area contributed by atoms with Crippen LogP contribution in [-0.4, -0.2) is 18.4 Å². The Morgan fingerprint density at radius 1 is 1.00 bits per heavy atom. The van der Waals surface area contributed by atoms with Gasteiger partial charge in [-0.25, -0.2) is 0 Å². The molecule has 2 amide bonds. The van der Waals surface area contributed by atoms with E-state index < -0.39 is 0 Å². The largest absolute Gasteiger partial charge is 0.493 e. The Hall–Kier alpha value is -2.82. The minimum absolute atomic E-state index is 0.134. The van der Waals surface area contributed by atoms with Gasteiger partial charge in [0.05, 0.1) is 13.0 Å². The van der Waals surface area contributed by atoms with Crippen LogP contribution in [0.2, 0.25) is 0 Å². The van der Waals surface area contributed by atoms with E-state index in [0.29, 0.717) is 18.0 Å². The predicted octanol–water partition coefficient (Wildman–Crippen LogP) is 3.67. The van der Waals surface area contributed by atoms with Crippen LogP contribution >= 0.6 is 0 Å². The van der Waals surface area contributed by atoms with Crippen molar-refractivity contribution in [2.75, 3.05) is 17.2 Å². The van der Waals surface area contributed by atoms with Crippen molar-refractivity contribution in [1.82, 2.24) is 0 Å². The van der Waals surface area contributed by atoms with Gasteiger partial charge in [0, 0.05) is 18.3 Å². The molecule has 0 saturated carbocycles. The van der Waals surface area contributed by atoms with Crippen molar-refractivity contribution in [2.24, 2.45) is 0 Å². The van der Waals surface area contributed by atoms with Gasteiger partial charge in [-0.15, -0.1) is 0 Å². The van der Waals surface area contributed by atoms with Crippen molar-refractivity contribution in [3.63, 3.8) is 0 Å². The Bertz CT molecular complexity index is 724. The molecule has 0 unspecified atom stereocenters. The molecule has 0 bridgehead atoms. The zero-order chi connectivity index (χ0) is 17.5. The molecular weight excluding hydrogens is 304 g/mol. The topological polar surface area (TPSA) is 67.4 Å². The molecular formula is C19H22N2O3. The van der Waals surface area contributed by atoms with Gasteiger partial charge in [-0.2, -0.15) is 0 Å². The van der Waals surface area contributed by atoms with E-state index in [4.69, 9.17) is 4.74 Å². The number of carbonyl (C=O) groups is 2. The summed E-state index contributed by atoms with van der Waals surface area (Å²) in [7, 11) is 0. The highest BCUT2D eigenvalue weighted by Crippen LogP contribution is 2.20. The van der Waals surface area contributed by atoms with Gasteiger partial charge >= 0.3 is 0 Å². The van der Waals surface area contributed by atoms with E-state index in [9.17, 15) is 9.59 Å². The van der Waals surface area contributed by atoms with E-state index in [1.807, 2.05) is 44.2 Å². The van der Waals surface area contributed by atoms with Crippen molar-refractivity contribution >= 4 is 23.2 Å². The van der Waals surface area contributed by atoms with E-state index in [2.05, 4.69) is 10.6 Å². The summed E-state index contributed by atoms with van der Waals surface area (Å²) < 4.78 is 5.56. The fourth-order valence-electron chi connectivity index (χ4n) is 2.15. The highest BCUT2D eigenvalue weighted by atomic mass is 16.5. The number of aryl methyl sites for hydroxylation is 2. The van der Waals surface area contributed by atoms with E-state index in [0.717, 1.165) is 16.9 Å². The summed E-state index contributed by atoms with van der Waals surface area (Å²) >= 11 is 0. The number of hydrogen-bond donors (Lipinski definition) is 2. The van der Waals surface area contributed by atoms with Gasteiger partial charge in [0.25, 0.3) is 0 Å². The van der Waals surface area contributed by atoms with Crippen LogP contribution in [0, 0.1) is 13.8 Å². The van der Waals surface area contributed by atoms with Crippen LogP contribution in [0.5, 0.6) is 5.75 Å². The zero-order valence-corrected chi connectivity index (χ0v) is 14.2. The highest BCUT2D eigenvalue weighted by molar-refractivity contribution is 5.94. The second-order valence-electron chi connectivity index (χ2n) is 5.67. The lowest BCUT2D eigenvalue weighted by Crippen LogP contribution is -2.16. The summed E-state index contributed by atoms with van der Waals surface area (Å²) in [4.78, 5) is 23.2. The van der Waals surface area contributed by atoms with Gasteiger partial charge in [-0.3, -0.25) is 9.59 Å². The number of rotatable bonds is 6. The maximum Gasteiger partial charge on any atom is 0.227 e. The predicted molar refractivity (Wildman–Crippen MR) is 95.4 cm³/mol. The molecule has 0 atom stereocenters. The molecule has 0 aliphatic heterocycles. The Morgan fingerprint density at radius 2 is 1.71 bits per heavy atom. The van der Waals surface area contributed by atoms with Gasteiger partial charge < -0.3 is 15.4 Å². The maximum absolute atomic E-state index is 12.1. The molecule has 0 fully saturated rings. The van der Waals surface area contributed by atoms with Crippen molar-refractivity contribution in [3.8, 4) is 5.75 Å². The molecule has 24 heavy (non-hydrogen) atoms. The Labute approximate surface area is 142 Å². The van der Waals surface area contributed by atoms with E-state index in [1.54, 1.807) is 12.1 Å². The average molecular weight is 326 g/mol. The Kier molecular flexibility index (Phi) is 5.95. The van der Waals surface area contributed by atoms with Gasteiger partial charge in [-0.1, -0.05) is 23.8 Å². The lowest BCUT2D eigenvalue weighted by atomic mass is 10.1. The average Bonchev–Trinajstić information content (AvgIpc) is 2.52. The number of hydrogen-bond acceptors (Lipinski definition) is 3. The van der Waals surface area contributed by atoms with Crippen molar-refractivity contribution in [3.05, 3.63) is 53.6 Å². The fourth-order valence-corrected chi connectivity index (χ4v) is 2.15. The summed E-state index contributed by atoms with van der Waals surface area (Å²) in [6, 6.07) is 13.1. The number of nitrogens with one attached hydrogen (secondary N) is 2. The molecule has 0 aromatic heterocycles. The molecule has 0 spiro atoms.